The molecule has 3 rings (SSSR count). The van der Waals surface area contributed by atoms with Crippen molar-refractivity contribution in [1.29, 1.82) is 0 Å². The van der Waals surface area contributed by atoms with E-state index < -0.39 is 39.9 Å². The van der Waals surface area contributed by atoms with Crippen LogP contribution < -0.4 is 19.1 Å². The van der Waals surface area contributed by atoms with E-state index in [1.807, 2.05) is 20.8 Å². The molecule has 0 aliphatic carbocycles. The Morgan fingerprint density at radius 2 is 1.55 bits per heavy atom. The fourth-order valence-corrected chi connectivity index (χ4v) is 5.81. The third-order valence-electron chi connectivity index (χ3n) is 6.42. The zero-order valence-electron chi connectivity index (χ0n) is 24.8. The van der Waals surface area contributed by atoms with Crippen LogP contribution in [0.2, 0.25) is 0 Å². The molecule has 0 spiro atoms. The highest BCUT2D eigenvalue weighted by Crippen LogP contribution is 2.34. The Morgan fingerprint density at radius 1 is 0.929 bits per heavy atom. The van der Waals surface area contributed by atoms with E-state index >= 15 is 0 Å². The van der Waals surface area contributed by atoms with Gasteiger partial charge in [0.25, 0.3) is 10.0 Å². The molecule has 0 saturated heterocycles. The van der Waals surface area contributed by atoms with Gasteiger partial charge in [-0.25, -0.2) is 12.8 Å². The largest absolute Gasteiger partial charge is 0.493 e. The highest BCUT2D eigenvalue weighted by molar-refractivity contribution is 7.92. The molecule has 0 saturated carbocycles. The molecule has 0 aromatic heterocycles. The Balaban J connectivity index is 2.11. The molecule has 0 bridgehead atoms. The standard InChI is InChI=1S/C31H38FN3O6S/c1-7-26(30(37)33-31(2,3)4)34(20-22-13-15-23(32)16-14-22)29(36)21-35(42(38,39)25-11-9-8-10-12-25)24-17-18-27(40-5)28(19-24)41-6/h8-19,26H,7,20-21H2,1-6H3,(H,33,37). The molecule has 226 valence electrons. The van der Waals surface area contributed by atoms with E-state index in [4.69, 9.17) is 9.47 Å². The Kier molecular flexibility index (Phi) is 10.6. The van der Waals surface area contributed by atoms with Gasteiger partial charge in [0.1, 0.15) is 18.4 Å². The lowest BCUT2D eigenvalue weighted by Crippen LogP contribution is -2.55. The average molecular weight is 600 g/mol. The van der Waals surface area contributed by atoms with Crippen molar-refractivity contribution in [3.05, 3.63) is 84.2 Å². The molecule has 1 N–H and O–H groups in total. The summed E-state index contributed by atoms with van der Waals surface area (Å²) in [6.07, 6.45) is 0.261. The highest BCUT2D eigenvalue weighted by atomic mass is 32.2. The maximum absolute atomic E-state index is 14.1. The summed E-state index contributed by atoms with van der Waals surface area (Å²) in [6.45, 7) is 6.59. The van der Waals surface area contributed by atoms with Crippen molar-refractivity contribution in [2.45, 2.75) is 57.1 Å². The minimum Gasteiger partial charge on any atom is -0.493 e. The van der Waals surface area contributed by atoms with Crippen molar-refractivity contribution >= 4 is 27.5 Å². The van der Waals surface area contributed by atoms with Crippen LogP contribution in [0, 0.1) is 5.82 Å². The van der Waals surface area contributed by atoms with Gasteiger partial charge in [-0.3, -0.25) is 13.9 Å². The van der Waals surface area contributed by atoms with E-state index in [2.05, 4.69) is 5.32 Å². The van der Waals surface area contributed by atoms with Gasteiger partial charge in [-0.15, -0.1) is 0 Å². The van der Waals surface area contributed by atoms with Gasteiger partial charge in [0.15, 0.2) is 11.5 Å². The number of rotatable bonds is 12. The van der Waals surface area contributed by atoms with Gasteiger partial charge in [-0.05, 0) is 69.2 Å². The zero-order chi connectivity index (χ0) is 31.1. The second-order valence-electron chi connectivity index (χ2n) is 10.7. The second kappa shape index (κ2) is 13.7. The van der Waals surface area contributed by atoms with E-state index in [9.17, 15) is 22.4 Å². The summed E-state index contributed by atoms with van der Waals surface area (Å²) in [5, 5.41) is 2.91. The summed E-state index contributed by atoms with van der Waals surface area (Å²) >= 11 is 0. The summed E-state index contributed by atoms with van der Waals surface area (Å²) in [5.74, 6) is -0.793. The third-order valence-corrected chi connectivity index (χ3v) is 8.20. The van der Waals surface area contributed by atoms with Crippen LogP contribution in [0.15, 0.2) is 77.7 Å². The summed E-state index contributed by atoms with van der Waals surface area (Å²) in [5.41, 5.74) is 0.173. The summed E-state index contributed by atoms with van der Waals surface area (Å²) in [7, 11) is -1.37. The van der Waals surface area contributed by atoms with E-state index in [-0.39, 0.29) is 35.2 Å². The molecular weight excluding hydrogens is 561 g/mol. The fourth-order valence-electron chi connectivity index (χ4n) is 4.39. The Hall–Kier alpha value is -4.12. The predicted octanol–water partition coefficient (Wildman–Crippen LogP) is 4.76. The van der Waals surface area contributed by atoms with Crippen LogP contribution in [0.1, 0.15) is 39.7 Å². The number of methoxy groups -OCH3 is 2. The molecule has 11 heteroatoms. The molecule has 0 aliphatic rings. The van der Waals surface area contributed by atoms with Crippen molar-refractivity contribution < 1.29 is 31.9 Å². The average Bonchev–Trinajstić information content (AvgIpc) is 2.95. The van der Waals surface area contributed by atoms with Gasteiger partial charge in [0.2, 0.25) is 11.8 Å². The minimum absolute atomic E-state index is 0.0183. The molecular formula is C31H38FN3O6S. The van der Waals surface area contributed by atoms with Crippen LogP contribution in [0.25, 0.3) is 0 Å². The van der Waals surface area contributed by atoms with Crippen molar-refractivity contribution in [3.8, 4) is 11.5 Å². The van der Waals surface area contributed by atoms with Crippen LogP contribution >= 0.6 is 0 Å². The van der Waals surface area contributed by atoms with E-state index in [1.165, 1.54) is 67.7 Å². The van der Waals surface area contributed by atoms with Crippen LogP contribution in [0.5, 0.6) is 11.5 Å². The normalized spacial score (nSPS) is 12.3. The molecule has 0 fully saturated rings. The molecule has 0 radical (unpaired) electrons. The Labute approximate surface area is 247 Å². The summed E-state index contributed by atoms with van der Waals surface area (Å²) in [6, 6.07) is 17.0. The first-order valence-corrected chi connectivity index (χ1v) is 14.9. The monoisotopic (exact) mass is 599 g/mol. The van der Waals surface area contributed by atoms with Crippen molar-refractivity contribution in [1.82, 2.24) is 10.2 Å². The molecule has 2 amide bonds. The quantitative estimate of drug-likeness (QED) is 0.322. The van der Waals surface area contributed by atoms with Crippen molar-refractivity contribution in [3.63, 3.8) is 0 Å². The van der Waals surface area contributed by atoms with Gasteiger partial charge < -0.3 is 19.7 Å². The van der Waals surface area contributed by atoms with Crippen molar-refractivity contribution in [2.75, 3.05) is 25.1 Å². The lowest BCUT2D eigenvalue weighted by atomic mass is 10.1. The zero-order valence-corrected chi connectivity index (χ0v) is 25.6. The van der Waals surface area contributed by atoms with Gasteiger partial charge >= 0.3 is 0 Å². The smallest absolute Gasteiger partial charge is 0.264 e. The fraction of sp³-hybridized carbons (Fsp3) is 0.355. The molecule has 1 atom stereocenters. The summed E-state index contributed by atoms with van der Waals surface area (Å²) in [4.78, 5) is 28.8. The number of sulfonamides is 1. The number of anilines is 1. The first kappa shape index (κ1) is 32.4. The Morgan fingerprint density at radius 3 is 2.10 bits per heavy atom. The number of hydrogen-bond acceptors (Lipinski definition) is 6. The maximum Gasteiger partial charge on any atom is 0.264 e. The highest BCUT2D eigenvalue weighted by Gasteiger charge is 2.35. The van der Waals surface area contributed by atoms with Crippen LogP contribution in [-0.2, 0) is 26.2 Å². The minimum atomic E-state index is -4.25. The molecule has 42 heavy (non-hydrogen) atoms. The van der Waals surface area contributed by atoms with Gasteiger partial charge in [0.05, 0.1) is 24.8 Å². The second-order valence-corrected chi connectivity index (χ2v) is 12.5. The molecule has 1 unspecified atom stereocenters. The van der Waals surface area contributed by atoms with Gasteiger partial charge in [-0.1, -0.05) is 37.3 Å². The number of ether oxygens (including phenoxy) is 2. The number of carbonyl (C=O) groups is 2. The molecule has 9 nitrogen and oxygen atoms in total. The topological polar surface area (TPSA) is 105 Å². The first-order valence-electron chi connectivity index (χ1n) is 13.5. The maximum atomic E-state index is 14.1. The number of halogens is 1. The van der Waals surface area contributed by atoms with Gasteiger partial charge in [0, 0.05) is 18.2 Å². The molecule has 3 aromatic rings. The Bertz CT molecular complexity index is 1470. The molecule has 0 heterocycles. The number of carbonyl (C=O) groups excluding carboxylic acids is 2. The predicted molar refractivity (Wildman–Crippen MR) is 159 cm³/mol. The number of amides is 2. The van der Waals surface area contributed by atoms with Crippen LogP contribution in [0.4, 0.5) is 10.1 Å². The number of nitrogens with one attached hydrogen (secondary N) is 1. The number of hydrogen-bond donors (Lipinski definition) is 1. The number of nitrogens with zero attached hydrogens (tertiary/aromatic N) is 2. The number of benzene rings is 3. The first-order chi connectivity index (χ1) is 19.8. The van der Waals surface area contributed by atoms with E-state index in [0.717, 1.165) is 4.31 Å². The molecule has 0 aliphatic heterocycles. The molecule has 3 aromatic carbocycles. The lowest BCUT2D eigenvalue weighted by molar-refractivity contribution is -0.141. The van der Waals surface area contributed by atoms with Crippen molar-refractivity contribution in [2.24, 2.45) is 0 Å². The SMILES string of the molecule is CCC(C(=O)NC(C)(C)C)N(Cc1ccc(F)cc1)C(=O)CN(c1ccc(OC)c(OC)c1)S(=O)(=O)c1ccccc1. The summed E-state index contributed by atoms with van der Waals surface area (Å²) < 4.78 is 53.3. The van der Waals surface area contributed by atoms with Crippen LogP contribution in [0.3, 0.4) is 0 Å². The lowest BCUT2D eigenvalue weighted by Gasteiger charge is -2.34. The van der Waals surface area contributed by atoms with Gasteiger partial charge in [-0.2, -0.15) is 0 Å². The van der Waals surface area contributed by atoms with E-state index in [1.54, 1.807) is 31.2 Å². The third kappa shape index (κ3) is 8.00. The van der Waals surface area contributed by atoms with Crippen LogP contribution in [-0.4, -0.2) is 57.5 Å². The van der Waals surface area contributed by atoms with E-state index in [0.29, 0.717) is 11.3 Å².